The lowest BCUT2D eigenvalue weighted by atomic mass is 9.84. The van der Waals surface area contributed by atoms with Crippen LogP contribution in [0.1, 0.15) is 13.8 Å². The number of carbonyl (C=O) groups is 1. The largest absolute Gasteiger partial charge is 0.618 e. The summed E-state index contributed by atoms with van der Waals surface area (Å²) in [5.41, 5.74) is 0. The third kappa shape index (κ3) is 16.9. The summed E-state index contributed by atoms with van der Waals surface area (Å²) in [6.07, 6.45) is 2.91. The molecule has 15 nitrogen and oxygen atoms in total. The van der Waals surface area contributed by atoms with Crippen molar-refractivity contribution in [1.29, 1.82) is 0 Å². The van der Waals surface area contributed by atoms with E-state index in [4.69, 9.17) is 81.7 Å². The monoisotopic (exact) mass is 1160 g/mol. The Morgan fingerprint density at radius 2 is 1.14 bits per heavy atom. The van der Waals surface area contributed by atoms with E-state index in [0.29, 0.717) is 38.4 Å². The molecule has 5 heterocycles. The van der Waals surface area contributed by atoms with Crippen LogP contribution in [0.25, 0.3) is 43.1 Å². The van der Waals surface area contributed by atoms with Crippen LogP contribution in [0.5, 0.6) is 28.9 Å². The van der Waals surface area contributed by atoms with Crippen molar-refractivity contribution in [3.63, 3.8) is 0 Å². The van der Waals surface area contributed by atoms with Crippen molar-refractivity contribution >= 4 is 153 Å². The molecule has 2 atom stereocenters. The molecule has 4 aromatic heterocycles. The zero-order valence-electron chi connectivity index (χ0n) is 37.9. The van der Waals surface area contributed by atoms with Crippen LogP contribution in [-0.4, -0.2) is 90.0 Å². The van der Waals surface area contributed by atoms with Crippen LogP contribution >= 0.6 is 96.9 Å². The maximum Gasteiger partial charge on any atom is 0.377 e. The van der Waals surface area contributed by atoms with Crippen molar-refractivity contribution in [2.45, 2.75) is 32.8 Å². The van der Waals surface area contributed by atoms with E-state index < -0.39 is 30.4 Å². The highest BCUT2D eigenvalue weighted by atomic mass is 36.0. The standard InChI is InChI=1S/C16H18BClN2O5.C10H7Cl2NO.C10H8ClNO2.C10H8ClNO.CH4.Cl3OP/c1-17(23)20-8-11(7-13(20)16(21)22)25-15-12-4-3-10(24-2)5-9(12)6-14(18)19-15;1-14-7-2-3-8-6(4-7)5-9(11)13-10(8)12;1-14-8-2-3-9-7(6-8)4-5-12(13)10(9)11;1-13-8-2-3-9-7(6-8)4-5-12-10(9)11;;1-5(2,3)4/h3-6,11,13,23H,7-8H2,1-2H3,(H,21,22);2-5H,1H3;2-6H,1H3;2-6H,1H3;1H4;/t11-,13+;;;;;/m1...../s1. The lowest BCUT2D eigenvalue weighted by Gasteiger charge is -2.21. The average molecular weight is 1170 g/mol. The Kier molecular flexibility index (Phi) is 22.9. The molecular weight excluding hydrogens is 1120 g/mol. The number of fused-ring (bicyclic) bond motifs is 4. The predicted octanol–water partition coefficient (Wildman–Crippen LogP) is 13.9. The number of aromatic nitrogens is 4. The van der Waals surface area contributed by atoms with Gasteiger partial charge in [-0.05, 0) is 165 Å². The Balaban J connectivity index is 0.000000208. The van der Waals surface area contributed by atoms with Crippen LogP contribution in [0.4, 0.5) is 0 Å². The minimum Gasteiger partial charge on any atom is -0.618 e. The molecule has 0 saturated carbocycles. The molecule has 0 spiro atoms. The van der Waals surface area contributed by atoms with Gasteiger partial charge in [-0.25, -0.2) is 15.0 Å². The molecule has 0 amide bonds. The second kappa shape index (κ2) is 27.6. The molecule has 0 bridgehead atoms. The summed E-state index contributed by atoms with van der Waals surface area (Å²) < 4.78 is 36.6. The SMILES string of the molecule is C.COc1ccc2c(Cl)[n+]([O-])ccc2c1.COc1ccc2c(Cl)nc(Cl)cc2c1.COc1ccc2c(Cl)nccc2c1.COc1ccc2c(O[C@@H]3C[C@@H](C(=O)O)N(B(C)O)C3)nc(Cl)cc2c1.O=P(Cl)(Cl)Cl. The first-order chi connectivity index (χ1) is 33.6. The summed E-state index contributed by atoms with van der Waals surface area (Å²) in [5.74, 6) is 2.39. The van der Waals surface area contributed by atoms with Crippen LogP contribution in [0.15, 0.2) is 109 Å². The molecule has 8 aromatic rings. The zero-order chi connectivity index (χ0) is 52.2. The van der Waals surface area contributed by atoms with E-state index >= 15 is 0 Å². The fraction of sp³-hybridized carbons (Fsp3) is 0.213. The quantitative estimate of drug-likeness (QED) is 0.0480. The first kappa shape index (κ1) is 59.9. The molecule has 72 heavy (non-hydrogen) atoms. The van der Waals surface area contributed by atoms with Gasteiger partial charge < -0.3 is 43.8 Å². The average Bonchev–Trinajstić information content (AvgIpc) is 3.77. The highest BCUT2D eigenvalue weighted by Crippen LogP contribution is 2.61. The van der Waals surface area contributed by atoms with Crippen molar-refractivity contribution in [1.82, 2.24) is 19.8 Å². The van der Waals surface area contributed by atoms with Gasteiger partial charge in [0.1, 0.15) is 55.8 Å². The summed E-state index contributed by atoms with van der Waals surface area (Å²) in [5, 5.41) is 35.8. The first-order valence-corrected chi connectivity index (χ1v) is 26.8. The molecular formula is C47H45BCl8N5O10P. The minimum absolute atomic E-state index is 0. The van der Waals surface area contributed by atoms with Gasteiger partial charge in [-0.15, -0.1) is 0 Å². The van der Waals surface area contributed by atoms with Crippen molar-refractivity contribution in [2.75, 3.05) is 35.0 Å². The number of benzene rings is 4. The number of aliphatic carboxylic acids is 1. The molecule has 9 rings (SSSR count). The van der Waals surface area contributed by atoms with Crippen LogP contribution in [0, 0.1) is 5.21 Å². The number of hydrogen-bond donors (Lipinski definition) is 2. The van der Waals surface area contributed by atoms with Gasteiger partial charge in [-0.3, -0.25) is 9.36 Å². The van der Waals surface area contributed by atoms with Crippen LogP contribution in [-0.2, 0) is 9.36 Å². The highest BCUT2D eigenvalue weighted by molar-refractivity contribution is 8.24. The third-order valence-electron chi connectivity index (χ3n) is 10.3. The molecule has 25 heteroatoms. The van der Waals surface area contributed by atoms with Gasteiger partial charge in [-0.1, -0.05) is 53.8 Å². The Morgan fingerprint density at radius 1 is 0.694 bits per heavy atom. The summed E-state index contributed by atoms with van der Waals surface area (Å²) in [6.45, 7) is 1.83. The highest BCUT2D eigenvalue weighted by Gasteiger charge is 2.41. The van der Waals surface area contributed by atoms with Gasteiger partial charge in [0.25, 0.3) is 5.15 Å². The van der Waals surface area contributed by atoms with E-state index in [0.717, 1.165) is 60.3 Å². The van der Waals surface area contributed by atoms with Gasteiger partial charge in [0, 0.05) is 41.4 Å². The number of carboxylic acids is 1. The van der Waals surface area contributed by atoms with Crippen LogP contribution in [0.2, 0.25) is 32.6 Å². The molecule has 0 radical (unpaired) electrons. The molecule has 2 N–H and O–H groups in total. The first-order valence-electron chi connectivity index (χ1n) is 20.5. The molecule has 4 aromatic carbocycles. The topological polar surface area (TPSA) is 190 Å². The fourth-order valence-electron chi connectivity index (χ4n) is 6.97. The Hall–Kier alpha value is -4.68. The normalized spacial score (nSPS) is 13.9. The zero-order valence-corrected chi connectivity index (χ0v) is 44.8. The summed E-state index contributed by atoms with van der Waals surface area (Å²) in [4.78, 5) is 25.1. The number of pyridine rings is 4. The van der Waals surface area contributed by atoms with Crippen molar-refractivity contribution in [3.8, 4) is 28.9 Å². The van der Waals surface area contributed by atoms with E-state index in [9.17, 15) is 24.7 Å². The maximum absolute atomic E-state index is 11.4. The smallest absolute Gasteiger partial charge is 0.377 e. The van der Waals surface area contributed by atoms with E-state index in [1.54, 1.807) is 71.0 Å². The van der Waals surface area contributed by atoms with Crippen LogP contribution in [0.3, 0.4) is 0 Å². The predicted molar refractivity (Wildman–Crippen MR) is 292 cm³/mol. The minimum atomic E-state index is -3.22. The Labute approximate surface area is 454 Å². The second-order valence-electron chi connectivity index (χ2n) is 14.8. The van der Waals surface area contributed by atoms with Gasteiger partial charge >= 0.3 is 18.2 Å². The molecule has 382 valence electrons. The summed E-state index contributed by atoms with van der Waals surface area (Å²) in [6, 6.07) is 28.4. The number of rotatable bonds is 8. The summed E-state index contributed by atoms with van der Waals surface area (Å²) in [7, 11) is 5.56. The summed E-state index contributed by atoms with van der Waals surface area (Å²) >= 11 is 43.4. The van der Waals surface area contributed by atoms with E-state index in [1.807, 2.05) is 60.7 Å². The number of halogens is 8. The molecule has 1 saturated heterocycles. The van der Waals surface area contributed by atoms with Gasteiger partial charge in [-0.2, -0.15) is 4.73 Å². The number of methoxy groups -OCH3 is 4. The molecule has 1 aliphatic rings. The van der Waals surface area contributed by atoms with Crippen molar-refractivity contribution < 1.29 is 47.9 Å². The van der Waals surface area contributed by atoms with E-state index in [-0.39, 0.29) is 24.2 Å². The van der Waals surface area contributed by atoms with Crippen LogP contribution < -0.4 is 28.4 Å². The molecule has 1 fully saturated rings. The third-order valence-corrected chi connectivity index (χ3v) is 11.6. The second-order valence-corrected chi connectivity index (χ2v) is 23.3. The fourth-order valence-corrected chi connectivity index (χ4v) is 8.13. The number of carboxylic acid groups (broad SMARTS) is 1. The lowest BCUT2D eigenvalue weighted by Crippen LogP contribution is -2.45. The number of nitrogens with zero attached hydrogens (tertiary/aromatic N) is 5. The maximum atomic E-state index is 11.4. The molecule has 0 aliphatic carbocycles. The lowest BCUT2D eigenvalue weighted by molar-refractivity contribution is -0.601. The van der Waals surface area contributed by atoms with Gasteiger partial charge in [0.15, 0.2) is 6.20 Å². The Bertz CT molecular complexity index is 3190. The number of ether oxygens (including phenoxy) is 5. The van der Waals surface area contributed by atoms with E-state index in [1.165, 1.54) is 17.8 Å². The van der Waals surface area contributed by atoms with Crippen molar-refractivity contribution in [3.05, 3.63) is 140 Å². The van der Waals surface area contributed by atoms with Gasteiger partial charge in [0.05, 0.1) is 33.8 Å². The van der Waals surface area contributed by atoms with Gasteiger partial charge in [0.2, 0.25) is 5.88 Å². The molecule has 0 unspecified atom stereocenters. The number of hydrogen-bond acceptors (Lipinski definition) is 13. The van der Waals surface area contributed by atoms with Crippen molar-refractivity contribution in [2.24, 2.45) is 0 Å². The van der Waals surface area contributed by atoms with E-state index in [2.05, 4.69) is 48.7 Å². The Morgan fingerprint density at radius 3 is 1.62 bits per heavy atom. The molecule has 1 aliphatic heterocycles.